The van der Waals surface area contributed by atoms with Gasteiger partial charge in [0.1, 0.15) is 12.4 Å². The number of rotatable bonds is 9. The smallest absolute Gasteiger partial charge is 0.256 e. The van der Waals surface area contributed by atoms with Gasteiger partial charge in [0.05, 0.1) is 22.5 Å². The van der Waals surface area contributed by atoms with E-state index < -0.39 is 0 Å². The number of hydrogen-bond acceptors (Lipinski definition) is 6. The molecule has 0 radical (unpaired) electrons. The maximum absolute atomic E-state index is 13.0. The molecule has 0 aliphatic rings. The van der Waals surface area contributed by atoms with Crippen LogP contribution in [-0.4, -0.2) is 35.7 Å². The van der Waals surface area contributed by atoms with Crippen molar-refractivity contribution in [2.45, 2.75) is 4.34 Å². The third-order valence-corrected chi connectivity index (χ3v) is 7.91. The summed E-state index contributed by atoms with van der Waals surface area (Å²) < 4.78 is 7.31. The van der Waals surface area contributed by atoms with Gasteiger partial charge in [-0.3, -0.25) is 9.59 Å². The number of amides is 2. The molecule has 6 nitrogen and oxygen atoms in total. The normalized spacial score (nSPS) is 10.9. The van der Waals surface area contributed by atoms with Crippen molar-refractivity contribution in [1.29, 1.82) is 0 Å². The average Bonchev–Trinajstić information content (AvgIpc) is 3.33. The number of anilines is 1. The Balaban J connectivity index is 1.14. The van der Waals surface area contributed by atoms with Crippen LogP contribution in [0.3, 0.4) is 0 Å². The highest BCUT2D eigenvalue weighted by Crippen LogP contribution is 2.31. The highest BCUT2D eigenvalue weighted by molar-refractivity contribution is 8.01. The third-order valence-electron chi connectivity index (χ3n) is 5.49. The van der Waals surface area contributed by atoms with E-state index in [1.807, 2.05) is 60.7 Å². The maximum atomic E-state index is 13.0. The minimum atomic E-state index is -0.160. The molecule has 5 rings (SSSR count). The Kier molecular flexibility index (Phi) is 7.89. The molecule has 0 spiro atoms. The van der Waals surface area contributed by atoms with Gasteiger partial charge in [0.15, 0.2) is 4.34 Å². The Morgan fingerprint density at radius 3 is 2.65 bits per heavy atom. The first kappa shape index (κ1) is 25.1. The van der Waals surface area contributed by atoms with Gasteiger partial charge in [-0.05, 0) is 59.3 Å². The van der Waals surface area contributed by atoms with E-state index in [4.69, 9.17) is 16.3 Å². The zero-order valence-electron chi connectivity index (χ0n) is 19.6. The van der Waals surface area contributed by atoms with Crippen molar-refractivity contribution in [3.63, 3.8) is 0 Å². The van der Waals surface area contributed by atoms with Crippen LogP contribution in [0.25, 0.3) is 21.0 Å². The number of thiazole rings is 1. The highest BCUT2D eigenvalue weighted by atomic mass is 35.5. The monoisotopic (exact) mass is 547 g/mol. The van der Waals surface area contributed by atoms with Crippen molar-refractivity contribution >= 4 is 73.2 Å². The topological polar surface area (TPSA) is 80.3 Å². The molecule has 0 atom stereocenters. The lowest BCUT2D eigenvalue weighted by molar-refractivity contribution is -0.118. The van der Waals surface area contributed by atoms with Crippen LogP contribution in [0.2, 0.25) is 5.02 Å². The van der Waals surface area contributed by atoms with Gasteiger partial charge in [-0.1, -0.05) is 59.8 Å². The Labute approximate surface area is 227 Å². The van der Waals surface area contributed by atoms with Gasteiger partial charge in [0, 0.05) is 16.3 Å². The zero-order chi connectivity index (χ0) is 25.6. The molecule has 0 saturated carbocycles. The van der Waals surface area contributed by atoms with E-state index in [-0.39, 0.29) is 17.6 Å². The number of thioether (sulfide) groups is 1. The quantitative estimate of drug-likeness (QED) is 0.160. The number of carbonyl (C=O) groups excluding carboxylic acids is 2. The van der Waals surface area contributed by atoms with E-state index in [1.54, 1.807) is 24.3 Å². The molecular weight excluding hydrogens is 526 g/mol. The summed E-state index contributed by atoms with van der Waals surface area (Å²) in [5.41, 5.74) is 2.15. The Morgan fingerprint density at radius 2 is 1.78 bits per heavy atom. The van der Waals surface area contributed by atoms with Crippen LogP contribution in [-0.2, 0) is 4.79 Å². The average molecular weight is 548 g/mol. The second-order valence-electron chi connectivity index (χ2n) is 8.08. The van der Waals surface area contributed by atoms with E-state index in [1.165, 1.54) is 23.1 Å². The number of benzene rings is 4. The lowest BCUT2D eigenvalue weighted by Crippen LogP contribution is -2.29. The molecule has 1 heterocycles. The first-order chi connectivity index (χ1) is 18.0. The minimum absolute atomic E-state index is 0.0907. The lowest BCUT2D eigenvalue weighted by atomic mass is 10.0. The van der Waals surface area contributed by atoms with E-state index in [9.17, 15) is 9.59 Å². The summed E-state index contributed by atoms with van der Waals surface area (Å²) in [6.45, 7) is 0.772. The van der Waals surface area contributed by atoms with Crippen molar-refractivity contribution in [2.24, 2.45) is 0 Å². The fourth-order valence-electron chi connectivity index (χ4n) is 3.73. The number of carbonyl (C=O) groups is 2. The van der Waals surface area contributed by atoms with E-state index in [0.29, 0.717) is 35.2 Å². The van der Waals surface area contributed by atoms with Crippen molar-refractivity contribution in [3.8, 4) is 5.75 Å². The van der Waals surface area contributed by atoms with Crippen LogP contribution in [0.4, 0.5) is 5.69 Å². The Morgan fingerprint density at radius 1 is 0.973 bits per heavy atom. The van der Waals surface area contributed by atoms with Crippen molar-refractivity contribution in [1.82, 2.24) is 10.3 Å². The summed E-state index contributed by atoms with van der Waals surface area (Å²) in [6, 6.07) is 26.2. The predicted octanol–water partition coefficient (Wildman–Crippen LogP) is 6.64. The van der Waals surface area contributed by atoms with Crippen molar-refractivity contribution in [2.75, 3.05) is 24.2 Å². The first-order valence-corrected chi connectivity index (χ1v) is 13.7. The number of ether oxygens (including phenoxy) is 1. The number of fused-ring (bicyclic) bond motifs is 2. The Hall–Kier alpha value is -3.59. The fourth-order valence-corrected chi connectivity index (χ4v) is 5.80. The maximum Gasteiger partial charge on any atom is 0.256 e. The van der Waals surface area contributed by atoms with Gasteiger partial charge < -0.3 is 15.4 Å². The highest BCUT2D eigenvalue weighted by Gasteiger charge is 2.12. The number of halogens is 1. The largest absolute Gasteiger partial charge is 0.492 e. The van der Waals surface area contributed by atoms with Gasteiger partial charge >= 0.3 is 0 Å². The van der Waals surface area contributed by atoms with Crippen molar-refractivity contribution < 1.29 is 14.3 Å². The molecule has 1 aromatic heterocycles. The van der Waals surface area contributed by atoms with Crippen LogP contribution >= 0.6 is 34.7 Å². The van der Waals surface area contributed by atoms with Gasteiger partial charge in [0.25, 0.3) is 5.91 Å². The molecule has 2 amide bonds. The van der Waals surface area contributed by atoms with E-state index in [2.05, 4.69) is 15.6 Å². The minimum Gasteiger partial charge on any atom is -0.492 e. The molecule has 0 saturated heterocycles. The molecule has 186 valence electrons. The molecule has 0 fully saturated rings. The van der Waals surface area contributed by atoms with Gasteiger partial charge in [-0.25, -0.2) is 4.98 Å². The summed E-state index contributed by atoms with van der Waals surface area (Å²) >= 11 is 8.73. The summed E-state index contributed by atoms with van der Waals surface area (Å²) in [6.07, 6.45) is 0. The number of hydrogen-bond donors (Lipinski definition) is 2. The molecular formula is C28H22ClN3O3S2. The number of nitrogens with zero attached hydrogens (tertiary/aromatic N) is 1. The van der Waals surface area contributed by atoms with E-state index in [0.717, 1.165) is 25.3 Å². The summed E-state index contributed by atoms with van der Waals surface area (Å²) in [5, 5.41) is 8.42. The molecule has 4 aromatic carbocycles. The van der Waals surface area contributed by atoms with Crippen LogP contribution < -0.4 is 15.4 Å². The van der Waals surface area contributed by atoms with Crippen LogP contribution in [0.15, 0.2) is 89.3 Å². The van der Waals surface area contributed by atoms with Gasteiger partial charge in [-0.2, -0.15) is 0 Å². The molecule has 37 heavy (non-hydrogen) atoms. The molecule has 5 aromatic rings. The second-order valence-corrected chi connectivity index (χ2v) is 10.8. The summed E-state index contributed by atoms with van der Waals surface area (Å²) in [7, 11) is 0. The van der Waals surface area contributed by atoms with Crippen LogP contribution in [0.1, 0.15) is 10.4 Å². The van der Waals surface area contributed by atoms with Crippen LogP contribution in [0.5, 0.6) is 5.75 Å². The molecule has 0 aliphatic heterocycles. The zero-order valence-corrected chi connectivity index (χ0v) is 22.0. The third kappa shape index (κ3) is 6.40. The standard InChI is InChI=1S/C28H22ClN3O3S2/c29-19-8-11-21(12-9-19)35-15-14-30-26(33)17-36-28-32-24-13-10-20(16-25(24)37-28)31-27(34)23-7-3-5-18-4-1-2-6-22(18)23/h1-13,16H,14-15,17H2,(H,30,33)(H,31,34). The molecule has 2 N–H and O–H groups in total. The SMILES string of the molecule is O=C(CSc1nc2ccc(NC(=O)c3cccc4ccccc34)cc2s1)NCCOc1ccc(Cl)cc1. The predicted molar refractivity (Wildman–Crippen MR) is 152 cm³/mol. The van der Waals surface area contributed by atoms with E-state index >= 15 is 0 Å². The molecule has 0 aliphatic carbocycles. The number of nitrogens with one attached hydrogen (secondary N) is 2. The Bertz CT molecular complexity index is 1570. The molecule has 9 heteroatoms. The lowest BCUT2D eigenvalue weighted by Gasteiger charge is -2.08. The summed E-state index contributed by atoms with van der Waals surface area (Å²) in [4.78, 5) is 29.8. The molecule has 0 bridgehead atoms. The van der Waals surface area contributed by atoms with Gasteiger partial charge in [0.2, 0.25) is 5.91 Å². The second kappa shape index (κ2) is 11.6. The number of aromatic nitrogens is 1. The van der Waals surface area contributed by atoms with Crippen molar-refractivity contribution in [3.05, 3.63) is 95.5 Å². The summed E-state index contributed by atoms with van der Waals surface area (Å²) in [5.74, 6) is 0.708. The fraction of sp³-hybridized carbons (Fsp3) is 0.107. The molecule has 0 unspecified atom stereocenters. The first-order valence-electron chi connectivity index (χ1n) is 11.5. The van der Waals surface area contributed by atoms with Crippen LogP contribution in [0, 0.1) is 0 Å². The van der Waals surface area contributed by atoms with Gasteiger partial charge in [-0.15, -0.1) is 11.3 Å².